The van der Waals surface area contributed by atoms with Crippen LogP contribution in [0.1, 0.15) is 11.6 Å². The van der Waals surface area contributed by atoms with Gasteiger partial charge in [-0.1, -0.05) is 30.3 Å². The molecule has 0 spiro atoms. The van der Waals surface area contributed by atoms with E-state index in [1.165, 1.54) is 0 Å². The summed E-state index contributed by atoms with van der Waals surface area (Å²) >= 11 is 5.26. The first-order valence-electron chi connectivity index (χ1n) is 3.29. The summed E-state index contributed by atoms with van der Waals surface area (Å²) in [4.78, 5) is 10.6. The first kappa shape index (κ1) is 8.24. The van der Waals surface area contributed by atoms with E-state index in [4.69, 9.17) is 11.6 Å². The molecule has 58 valence electrons. The number of hydrogen-bond donors (Lipinski definition) is 1. The van der Waals surface area contributed by atoms with Crippen molar-refractivity contribution in [2.45, 2.75) is 6.04 Å². The molecule has 11 heavy (non-hydrogen) atoms. The van der Waals surface area contributed by atoms with E-state index in [2.05, 4.69) is 5.73 Å². The van der Waals surface area contributed by atoms with Crippen LogP contribution in [0.5, 0.6) is 0 Å². The SMILES string of the molecule is [NH3+][C@H](C(=O)Cl)c1ccccc1. The number of benzene rings is 1. The highest BCUT2D eigenvalue weighted by atomic mass is 35.5. The van der Waals surface area contributed by atoms with Gasteiger partial charge >= 0.3 is 0 Å². The molecule has 0 aromatic heterocycles. The van der Waals surface area contributed by atoms with Crippen molar-refractivity contribution in [2.24, 2.45) is 0 Å². The van der Waals surface area contributed by atoms with Crippen molar-refractivity contribution in [3.05, 3.63) is 35.9 Å². The highest BCUT2D eigenvalue weighted by Crippen LogP contribution is 2.09. The zero-order valence-electron chi connectivity index (χ0n) is 5.96. The zero-order valence-corrected chi connectivity index (χ0v) is 6.71. The van der Waals surface area contributed by atoms with E-state index in [9.17, 15) is 4.79 Å². The van der Waals surface area contributed by atoms with Crippen LogP contribution in [0.2, 0.25) is 0 Å². The smallest absolute Gasteiger partial charge is 0.283 e. The number of quaternary nitrogens is 1. The van der Waals surface area contributed by atoms with Gasteiger partial charge in [0.1, 0.15) is 0 Å². The van der Waals surface area contributed by atoms with E-state index in [-0.39, 0.29) is 0 Å². The van der Waals surface area contributed by atoms with Gasteiger partial charge in [0, 0.05) is 5.56 Å². The molecular formula is C8H9ClNO+. The van der Waals surface area contributed by atoms with Gasteiger partial charge in [-0.05, 0) is 11.6 Å². The molecule has 0 unspecified atom stereocenters. The summed E-state index contributed by atoms with van der Waals surface area (Å²) < 4.78 is 0. The Morgan fingerprint density at radius 1 is 1.36 bits per heavy atom. The van der Waals surface area contributed by atoms with Crippen LogP contribution in [-0.2, 0) is 4.79 Å². The Balaban J connectivity index is 2.85. The lowest BCUT2D eigenvalue weighted by atomic mass is 10.1. The third-order valence-electron chi connectivity index (χ3n) is 1.48. The molecule has 3 heteroatoms. The van der Waals surface area contributed by atoms with Crippen molar-refractivity contribution in [1.82, 2.24) is 0 Å². The number of hydrogen-bond acceptors (Lipinski definition) is 1. The summed E-state index contributed by atoms with van der Waals surface area (Å²) in [7, 11) is 0. The summed E-state index contributed by atoms with van der Waals surface area (Å²) in [6, 6.07) is 8.81. The van der Waals surface area contributed by atoms with Crippen LogP contribution in [0.4, 0.5) is 0 Å². The van der Waals surface area contributed by atoms with Gasteiger partial charge in [-0.3, -0.25) is 4.79 Å². The quantitative estimate of drug-likeness (QED) is 0.654. The largest absolute Gasteiger partial charge is 0.344 e. The Hall–Kier alpha value is -0.860. The van der Waals surface area contributed by atoms with Gasteiger partial charge in [-0.2, -0.15) is 0 Å². The number of carbonyl (C=O) groups is 1. The average Bonchev–Trinajstić information content (AvgIpc) is 2.05. The van der Waals surface area contributed by atoms with Crippen molar-refractivity contribution in [3.8, 4) is 0 Å². The second-order valence-electron chi connectivity index (χ2n) is 2.27. The van der Waals surface area contributed by atoms with E-state index in [1.807, 2.05) is 30.3 Å². The highest BCUT2D eigenvalue weighted by Gasteiger charge is 2.15. The molecule has 0 aliphatic carbocycles. The molecule has 0 radical (unpaired) electrons. The monoisotopic (exact) mass is 170 g/mol. The predicted molar refractivity (Wildman–Crippen MR) is 42.9 cm³/mol. The molecule has 1 aromatic rings. The van der Waals surface area contributed by atoms with Crippen LogP contribution in [0, 0.1) is 0 Å². The summed E-state index contributed by atoms with van der Waals surface area (Å²) in [6.07, 6.45) is 0. The maximum absolute atomic E-state index is 10.6. The van der Waals surface area contributed by atoms with Gasteiger partial charge in [0.05, 0.1) is 0 Å². The molecular weight excluding hydrogens is 162 g/mol. The van der Waals surface area contributed by atoms with Crippen LogP contribution < -0.4 is 5.73 Å². The van der Waals surface area contributed by atoms with Crippen molar-refractivity contribution in [1.29, 1.82) is 0 Å². The third-order valence-corrected chi connectivity index (χ3v) is 1.74. The molecule has 0 amide bonds. The summed E-state index contributed by atoms with van der Waals surface area (Å²) in [6.45, 7) is 0. The second kappa shape index (κ2) is 3.51. The maximum atomic E-state index is 10.6. The summed E-state index contributed by atoms with van der Waals surface area (Å²) in [5, 5.41) is -0.420. The molecule has 0 fully saturated rings. The minimum atomic E-state index is -0.446. The zero-order chi connectivity index (χ0) is 8.27. The first-order chi connectivity index (χ1) is 5.22. The van der Waals surface area contributed by atoms with Crippen molar-refractivity contribution in [2.75, 3.05) is 0 Å². The maximum Gasteiger partial charge on any atom is 0.283 e. The van der Waals surface area contributed by atoms with Gasteiger partial charge in [-0.15, -0.1) is 0 Å². The molecule has 0 bridgehead atoms. The molecule has 0 heterocycles. The minimum absolute atomic E-state index is 0.420. The van der Waals surface area contributed by atoms with Crippen LogP contribution >= 0.6 is 11.6 Å². The Labute approximate surface area is 70.0 Å². The van der Waals surface area contributed by atoms with Gasteiger partial charge in [0.2, 0.25) is 0 Å². The van der Waals surface area contributed by atoms with Crippen LogP contribution in [0.15, 0.2) is 30.3 Å². The fraction of sp³-hybridized carbons (Fsp3) is 0.125. The fourth-order valence-corrected chi connectivity index (χ4v) is 0.942. The van der Waals surface area contributed by atoms with E-state index in [0.29, 0.717) is 0 Å². The standard InChI is InChI=1S/C8H8ClNO/c9-8(11)7(10)6-4-2-1-3-5-6/h1-5,7H,10H2/p+1/t7-/m0/s1. The lowest BCUT2D eigenvalue weighted by Crippen LogP contribution is -2.56. The summed E-state index contributed by atoms with van der Waals surface area (Å²) in [5.41, 5.74) is 4.48. The van der Waals surface area contributed by atoms with Crippen molar-refractivity contribution in [3.63, 3.8) is 0 Å². The van der Waals surface area contributed by atoms with Gasteiger partial charge < -0.3 is 5.73 Å². The molecule has 0 aliphatic heterocycles. The molecule has 0 saturated heterocycles. The first-order valence-corrected chi connectivity index (χ1v) is 3.67. The second-order valence-corrected chi connectivity index (χ2v) is 2.64. The molecule has 2 nitrogen and oxygen atoms in total. The molecule has 0 aliphatic rings. The van der Waals surface area contributed by atoms with E-state index in [1.54, 1.807) is 0 Å². The van der Waals surface area contributed by atoms with Crippen LogP contribution in [0.3, 0.4) is 0 Å². The number of carbonyl (C=O) groups excluding carboxylic acids is 1. The Kier molecular flexibility index (Phi) is 2.63. The topological polar surface area (TPSA) is 44.7 Å². The number of rotatable bonds is 2. The van der Waals surface area contributed by atoms with Crippen LogP contribution in [0.25, 0.3) is 0 Å². The predicted octanol–water partition coefficient (Wildman–Crippen LogP) is 0.735. The molecule has 3 N–H and O–H groups in total. The van der Waals surface area contributed by atoms with Gasteiger partial charge in [0.15, 0.2) is 6.04 Å². The van der Waals surface area contributed by atoms with E-state index >= 15 is 0 Å². The van der Waals surface area contributed by atoms with Gasteiger partial charge in [0.25, 0.3) is 5.24 Å². The van der Waals surface area contributed by atoms with E-state index < -0.39 is 11.3 Å². The van der Waals surface area contributed by atoms with Crippen LogP contribution in [-0.4, -0.2) is 5.24 Å². The Morgan fingerprint density at radius 3 is 2.36 bits per heavy atom. The third kappa shape index (κ3) is 2.03. The highest BCUT2D eigenvalue weighted by molar-refractivity contribution is 6.64. The lowest BCUT2D eigenvalue weighted by Gasteiger charge is -2.00. The minimum Gasteiger partial charge on any atom is -0.344 e. The Morgan fingerprint density at radius 2 is 1.91 bits per heavy atom. The normalized spacial score (nSPS) is 12.5. The number of halogens is 1. The van der Waals surface area contributed by atoms with Gasteiger partial charge in [-0.25, -0.2) is 0 Å². The summed E-state index contributed by atoms with van der Waals surface area (Å²) in [5.74, 6) is 0. The molecule has 1 atom stereocenters. The fourth-order valence-electron chi connectivity index (χ4n) is 0.816. The Bertz CT molecular complexity index is 248. The van der Waals surface area contributed by atoms with E-state index in [0.717, 1.165) is 5.56 Å². The van der Waals surface area contributed by atoms with Crippen molar-refractivity contribution < 1.29 is 10.5 Å². The lowest BCUT2D eigenvalue weighted by molar-refractivity contribution is -0.407. The van der Waals surface area contributed by atoms with Crippen molar-refractivity contribution >= 4 is 16.8 Å². The molecule has 1 rings (SSSR count). The molecule has 0 saturated carbocycles. The average molecular weight is 171 g/mol. The molecule has 1 aromatic carbocycles.